The topological polar surface area (TPSA) is 99.6 Å². The molecule has 0 radical (unpaired) electrons. The zero-order valence-corrected chi connectivity index (χ0v) is 16.5. The summed E-state index contributed by atoms with van der Waals surface area (Å²) in [7, 11) is -3.81. The van der Waals surface area contributed by atoms with Gasteiger partial charge in [0.25, 0.3) is 0 Å². The molecule has 2 N–H and O–H groups in total. The Morgan fingerprint density at radius 2 is 1.86 bits per heavy atom. The highest BCUT2D eigenvalue weighted by atomic mass is 32.2. The number of imidazole rings is 1. The molecule has 0 saturated carbocycles. The van der Waals surface area contributed by atoms with Gasteiger partial charge in [0.2, 0.25) is 15.8 Å². The molecular weight excluding hydrogens is 388 g/mol. The van der Waals surface area contributed by atoms with Gasteiger partial charge in [-0.05, 0) is 31.2 Å². The van der Waals surface area contributed by atoms with E-state index in [9.17, 15) is 8.42 Å². The van der Waals surface area contributed by atoms with Crippen LogP contribution in [-0.2, 0) is 16.3 Å². The Bertz CT molecular complexity index is 1360. The van der Waals surface area contributed by atoms with Crippen LogP contribution in [0, 0.1) is 6.92 Å². The number of hydrogen-bond donors (Lipinski definition) is 1. The smallest absolute Gasteiger partial charge is 0.226 e. The van der Waals surface area contributed by atoms with Gasteiger partial charge in [-0.2, -0.15) is 0 Å². The van der Waals surface area contributed by atoms with E-state index in [4.69, 9.17) is 10.5 Å². The minimum atomic E-state index is -3.81. The lowest BCUT2D eigenvalue weighted by molar-refractivity contribution is 0.357. The molecule has 2 aromatic heterocycles. The predicted octanol–water partition coefficient (Wildman–Crippen LogP) is 3.05. The molecule has 1 aliphatic rings. The number of aryl methyl sites for hydroxylation is 1. The van der Waals surface area contributed by atoms with Crippen molar-refractivity contribution in [1.82, 2.24) is 14.4 Å². The van der Waals surface area contributed by atoms with Crippen LogP contribution in [-0.4, -0.2) is 29.4 Å². The lowest BCUT2D eigenvalue weighted by Gasteiger charge is -2.10. The Hall–Kier alpha value is -3.39. The zero-order chi connectivity index (χ0) is 20.2. The third-order valence-electron chi connectivity index (χ3n) is 5.11. The van der Waals surface area contributed by atoms with Crippen LogP contribution < -0.4 is 10.5 Å². The van der Waals surface area contributed by atoms with Crippen LogP contribution in [0.2, 0.25) is 0 Å². The van der Waals surface area contributed by atoms with E-state index in [1.165, 1.54) is 0 Å². The maximum Gasteiger partial charge on any atom is 0.226 e. The van der Waals surface area contributed by atoms with E-state index in [0.717, 1.165) is 23.3 Å². The van der Waals surface area contributed by atoms with Crippen molar-refractivity contribution in [3.05, 3.63) is 66.0 Å². The van der Waals surface area contributed by atoms with Gasteiger partial charge in [0.05, 0.1) is 22.7 Å². The van der Waals surface area contributed by atoms with E-state index in [1.807, 2.05) is 18.2 Å². The maximum absolute atomic E-state index is 13.3. The van der Waals surface area contributed by atoms with Crippen molar-refractivity contribution < 1.29 is 13.2 Å². The lowest BCUT2D eigenvalue weighted by atomic mass is 10.0. The summed E-state index contributed by atoms with van der Waals surface area (Å²) in [6.45, 7) is 2.33. The zero-order valence-electron chi connectivity index (χ0n) is 15.7. The first-order chi connectivity index (χ1) is 14.0. The highest BCUT2D eigenvalue weighted by molar-refractivity contribution is 7.91. The van der Waals surface area contributed by atoms with Crippen LogP contribution in [0.25, 0.3) is 16.8 Å². The Morgan fingerprint density at radius 3 is 2.66 bits per heavy atom. The predicted molar refractivity (Wildman–Crippen MR) is 109 cm³/mol. The van der Waals surface area contributed by atoms with E-state index >= 15 is 0 Å². The third kappa shape index (κ3) is 2.67. The number of fused-ring (bicyclic) bond motifs is 2. The van der Waals surface area contributed by atoms with Gasteiger partial charge in [-0.1, -0.05) is 30.3 Å². The fraction of sp³-hybridized carbons (Fsp3) is 0.143. The quantitative estimate of drug-likeness (QED) is 0.561. The molecule has 4 aromatic rings. The van der Waals surface area contributed by atoms with Crippen molar-refractivity contribution in [3.63, 3.8) is 0 Å². The SMILES string of the molecule is Cc1nc(S(=O)(=O)c2ccccc2)c2cc(-c3cccc4c3CCO4)nc(N)n12. The van der Waals surface area contributed by atoms with Crippen molar-refractivity contribution in [1.29, 1.82) is 0 Å². The van der Waals surface area contributed by atoms with Crippen molar-refractivity contribution in [3.8, 4) is 17.0 Å². The summed E-state index contributed by atoms with van der Waals surface area (Å²) >= 11 is 0. The number of sulfone groups is 1. The fourth-order valence-electron chi connectivity index (χ4n) is 3.78. The van der Waals surface area contributed by atoms with Gasteiger partial charge in [-0.15, -0.1) is 0 Å². The van der Waals surface area contributed by atoms with Gasteiger partial charge in [0.1, 0.15) is 11.6 Å². The van der Waals surface area contributed by atoms with E-state index in [0.29, 0.717) is 23.6 Å². The lowest BCUT2D eigenvalue weighted by Crippen LogP contribution is -2.06. The Kier molecular flexibility index (Phi) is 3.85. The summed E-state index contributed by atoms with van der Waals surface area (Å²) in [6, 6.07) is 15.8. The summed E-state index contributed by atoms with van der Waals surface area (Å²) in [4.78, 5) is 9.05. The number of benzene rings is 2. The molecule has 8 heteroatoms. The standard InChI is InChI=1S/C21H18N4O3S/c1-13-23-20(29(26,27)14-6-3-2-4-7-14)18-12-17(24-21(22)25(13)18)15-8-5-9-19-16(15)10-11-28-19/h2-9,12H,10-11H2,1H3,(H2,22,24). The number of nitrogens with zero attached hydrogens (tertiary/aromatic N) is 3. The van der Waals surface area contributed by atoms with Gasteiger partial charge in [-0.3, -0.25) is 4.40 Å². The Labute approximate surface area is 167 Å². The number of anilines is 1. The van der Waals surface area contributed by atoms with Gasteiger partial charge in [0.15, 0.2) is 5.03 Å². The number of aromatic nitrogens is 3. The maximum atomic E-state index is 13.3. The number of rotatable bonds is 3. The van der Waals surface area contributed by atoms with Crippen molar-refractivity contribution in [2.24, 2.45) is 0 Å². The van der Waals surface area contributed by atoms with Crippen molar-refractivity contribution in [2.75, 3.05) is 12.3 Å². The van der Waals surface area contributed by atoms with Gasteiger partial charge in [-0.25, -0.2) is 18.4 Å². The summed E-state index contributed by atoms with van der Waals surface area (Å²) in [5.41, 5.74) is 9.16. The molecule has 3 heterocycles. The second-order valence-corrected chi connectivity index (χ2v) is 8.75. The molecule has 0 bridgehead atoms. The molecule has 0 unspecified atom stereocenters. The molecule has 0 aliphatic carbocycles. The molecular formula is C21H18N4O3S. The second-order valence-electron chi connectivity index (χ2n) is 6.88. The van der Waals surface area contributed by atoms with E-state index < -0.39 is 9.84 Å². The summed E-state index contributed by atoms with van der Waals surface area (Å²) < 4.78 is 33.7. The first-order valence-corrected chi connectivity index (χ1v) is 10.7. The fourth-order valence-corrected chi connectivity index (χ4v) is 5.20. The molecule has 0 atom stereocenters. The average molecular weight is 406 g/mol. The number of nitrogen functional groups attached to an aromatic ring is 1. The number of ether oxygens (including phenoxy) is 1. The third-order valence-corrected chi connectivity index (χ3v) is 6.81. The minimum Gasteiger partial charge on any atom is -0.493 e. The van der Waals surface area contributed by atoms with Gasteiger partial charge < -0.3 is 10.5 Å². The van der Waals surface area contributed by atoms with Crippen LogP contribution in [0.5, 0.6) is 5.75 Å². The van der Waals surface area contributed by atoms with Crippen LogP contribution in [0.15, 0.2) is 64.5 Å². The normalized spacial score (nSPS) is 13.4. The first-order valence-electron chi connectivity index (χ1n) is 9.17. The largest absolute Gasteiger partial charge is 0.493 e. The van der Waals surface area contributed by atoms with Crippen molar-refractivity contribution in [2.45, 2.75) is 23.3 Å². The van der Waals surface area contributed by atoms with Crippen molar-refractivity contribution >= 4 is 21.3 Å². The summed E-state index contributed by atoms with van der Waals surface area (Å²) in [5, 5.41) is -0.0274. The van der Waals surface area contributed by atoms with E-state index in [2.05, 4.69) is 9.97 Å². The molecule has 0 saturated heterocycles. The average Bonchev–Trinajstić information content (AvgIpc) is 3.33. The second kappa shape index (κ2) is 6.31. The molecule has 146 valence electrons. The molecule has 0 amide bonds. The molecule has 29 heavy (non-hydrogen) atoms. The number of nitrogens with two attached hydrogens (primary N) is 1. The van der Waals surface area contributed by atoms with Gasteiger partial charge in [0, 0.05) is 17.5 Å². The molecule has 0 fully saturated rings. The van der Waals surface area contributed by atoms with Crippen LogP contribution >= 0.6 is 0 Å². The Balaban J connectivity index is 1.78. The van der Waals surface area contributed by atoms with Crippen LogP contribution in [0.4, 0.5) is 5.95 Å². The molecule has 5 rings (SSSR count). The van der Waals surface area contributed by atoms with Crippen LogP contribution in [0.1, 0.15) is 11.4 Å². The van der Waals surface area contributed by atoms with Gasteiger partial charge >= 0.3 is 0 Å². The molecule has 0 spiro atoms. The Morgan fingerprint density at radius 1 is 1.07 bits per heavy atom. The molecule has 1 aliphatic heterocycles. The minimum absolute atomic E-state index is 0.0274. The highest BCUT2D eigenvalue weighted by Crippen LogP contribution is 2.36. The monoisotopic (exact) mass is 406 g/mol. The number of hydrogen-bond acceptors (Lipinski definition) is 6. The highest BCUT2D eigenvalue weighted by Gasteiger charge is 2.27. The van der Waals surface area contributed by atoms with Crippen LogP contribution in [0.3, 0.4) is 0 Å². The van der Waals surface area contributed by atoms with E-state index in [1.54, 1.807) is 47.7 Å². The first kappa shape index (κ1) is 17.7. The summed E-state index contributed by atoms with van der Waals surface area (Å²) in [6.07, 6.45) is 0.770. The van der Waals surface area contributed by atoms with E-state index in [-0.39, 0.29) is 15.9 Å². The summed E-state index contributed by atoms with van der Waals surface area (Å²) in [5.74, 6) is 1.48. The molecule has 7 nitrogen and oxygen atoms in total. The molecule has 2 aromatic carbocycles.